The average Bonchev–Trinajstić information content (AvgIpc) is 2.24. The lowest BCUT2D eigenvalue weighted by molar-refractivity contribution is -0.170. The van der Waals surface area contributed by atoms with Crippen LogP contribution in [0.2, 0.25) is 0 Å². The van der Waals surface area contributed by atoms with Crippen LogP contribution in [0.4, 0.5) is 0 Å². The molecule has 0 rings (SSSR count). The fourth-order valence-electron chi connectivity index (χ4n) is 2.05. The second-order valence-electron chi connectivity index (χ2n) is 6.97. The number of hydrogen-bond acceptors (Lipinski definition) is 4. The van der Waals surface area contributed by atoms with Gasteiger partial charge in [-0.2, -0.15) is 0 Å². The third kappa shape index (κ3) is 5.21. The molecule has 0 N–H and O–H groups in total. The minimum absolute atomic E-state index is 0.286. The summed E-state index contributed by atoms with van der Waals surface area (Å²) >= 11 is 0. The lowest BCUT2D eigenvalue weighted by Crippen LogP contribution is -2.40. The Morgan fingerprint density at radius 2 is 1.42 bits per heavy atom. The van der Waals surface area contributed by atoms with Crippen molar-refractivity contribution in [3.05, 3.63) is 0 Å². The zero-order valence-electron chi connectivity index (χ0n) is 13.5. The Bertz CT molecular complexity index is 339. The molecule has 0 fully saturated rings. The maximum absolute atomic E-state index is 12.2. The van der Waals surface area contributed by atoms with Crippen molar-refractivity contribution in [2.45, 2.75) is 66.9 Å². The Kier molecular flexibility index (Phi) is 5.60. The summed E-state index contributed by atoms with van der Waals surface area (Å²) in [6.07, 6.45) is 1.02. The average molecular weight is 272 g/mol. The van der Waals surface area contributed by atoms with Crippen molar-refractivity contribution in [2.24, 2.45) is 10.8 Å². The number of carbonyl (C=O) groups excluding carboxylic acids is 2. The van der Waals surface area contributed by atoms with Gasteiger partial charge in [0, 0.05) is 0 Å². The monoisotopic (exact) mass is 272 g/mol. The molecule has 0 aromatic rings. The van der Waals surface area contributed by atoms with Crippen molar-refractivity contribution in [3.63, 3.8) is 0 Å². The van der Waals surface area contributed by atoms with Crippen LogP contribution < -0.4 is 0 Å². The second-order valence-corrected chi connectivity index (χ2v) is 6.97. The molecular formula is C15H28O4. The van der Waals surface area contributed by atoms with Crippen LogP contribution in [0.5, 0.6) is 0 Å². The summed E-state index contributed by atoms with van der Waals surface area (Å²) in [7, 11) is 1.37. The largest absolute Gasteiger partial charge is 0.469 e. The van der Waals surface area contributed by atoms with Crippen LogP contribution in [-0.2, 0) is 19.1 Å². The molecule has 19 heavy (non-hydrogen) atoms. The van der Waals surface area contributed by atoms with Gasteiger partial charge in [0.05, 0.1) is 17.9 Å². The highest BCUT2D eigenvalue weighted by atomic mass is 16.6. The van der Waals surface area contributed by atoms with Crippen molar-refractivity contribution in [1.82, 2.24) is 0 Å². The van der Waals surface area contributed by atoms with Gasteiger partial charge in [-0.1, -0.05) is 6.92 Å². The first-order valence-corrected chi connectivity index (χ1v) is 6.70. The van der Waals surface area contributed by atoms with Gasteiger partial charge in [-0.3, -0.25) is 9.59 Å². The summed E-state index contributed by atoms with van der Waals surface area (Å²) in [5.41, 5.74) is -1.93. The molecule has 0 heterocycles. The summed E-state index contributed by atoms with van der Waals surface area (Å²) < 4.78 is 10.3. The number of methoxy groups -OCH3 is 1. The summed E-state index contributed by atoms with van der Waals surface area (Å²) in [5, 5.41) is 0. The number of carbonyl (C=O) groups is 2. The molecular weight excluding hydrogens is 244 g/mol. The van der Waals surface area contributed by atoms with Crippen molar-refractivity contribution in [3.8, 4) is 0 Å². The molecule has 0 aliphatic rings. The van der Waals surface area contributed by atoms with Crippen LogP contribution >= 0.6 is 0 Å². The van der Waals surface area contributed by atoms with E-state index in [-0.39, 0.29) is 11.9 Å². The highest BCUT2D eigenvalue weighted by Crippen LogP contribution is 2.38. The molecule has 4 heteroatoms. The van der Waals surface area contributed by atoms with Gasteiger partial charge in [0.1, 0.15) is 5.60 Å². The van der Waals surface area contributed by atoms with E-state index >= 15 is 0 Å². The van der Waals surface area contributed by atoms with Crippen molar-refractivity contribution in [1.29, 1.82) is 0 Å². The lowest BCUT2D eigenvalue weighted by Gasteiger charge is -2.35. The molecule has 4 nitrogen and oxygen atoms in total. The fraction of sp³-hybridized carbons (Fsp3) is 0.867. The summed E-state index contributed by atoms with van der Waals surface area (Å²) in [5.74, 6) is -0.574. The van der Waals surface area contributed by atoms with E-state index in [1.54, 1.807) is 13.8 Å². The zero-order chi connectivity index (χ0) is 15.5. The van der Waals surface area contributed by atoms with Crippen LogP contribution in [0, 0.1) is 10.8 Å². The molecule has 112 valence electrons. The van der Waals surface area contributed by atoms with E-state index in [4.69, 9.17) is 9.47 Å². The predicted octanol–water partition coefficient (Wildman–Crippen LogP) is 3.33. The van der Waals surface area contributed by atoms with E-state index < -0.39 is 16.4 Å². The Morgan fingerprint density at radius 3 is 1.74 bits per heavy atom. The van der Waals surface area contributed by atoms with Crippen LogP contribution in [0.1, 0.15) is 61.3 Å². The van der Waals surface area contributed by atoms with E-state index in [9.17, 15) is 9.59 Å². The first-order valence-electron chi connectivity index (χ1n) is 6.70. The molecule has 0 aliphatic heterocycles. The smallest absolute Gasteiger partial charge is 0.312 e. The highest BCUT2D eigenvalue weighted by Gasteiger charge is 2.43. The first kappa shape index (κ1) is 17.9. The van der Waals surface area contributed by atoms with Crippen LogP contribution in [0.25, 0.3) is 0 Å². The van der Waals surface area contributed by atoms with Gasteiger partial charge in [-0.05, 0) is 54.4 Å². The molecule has 0 bridgehead atoms. The topological polar surface area (TPSA) is 52.6 Å². The maximum Gasteiger partial charge on any atom is 0.312 e. The Balaban J connectivity index is 5.02. The van der Waals surface area contributed by atoms with Gasteiger partial charge in [0.15, 0.2) is 0 Å². The molecule has 0 spiro atoms. The molecule has 0 radical (unpaired) electrons. The van der Waals surface area contributed by atoms with E-state index in [0.29, 0.717) is 12.8 Å². The Hall–Kier alpha value is -1.06. The van der Waals surface area contributed by atoms with Crippen LogP contribution in [-0.4, -0.2) is 24.6 Å². The third-order valence-corrected chi connectivity index (χ3v) is 3.24. The second kappa shape index (κ2) is 5.93. The number of esters is 2. The predicted molar refractivity (Wildman–Crippen MR) is 74.7 cm³/mol. The van der Waals surface area contributed by atoms with Gasteiger partial charge in [0.25, 0.3) is 0 Å². The standard InChI is InChI=1S/C15H28O4/c1-9-15(7,12(17)18-8)10-14(5,6)11(16)19-13(2,3)4/h9-10H2,1-8H3. The summed E-state index contributed by atoms with van der Waals surface area (Å²) in [4.78, 5) is 24.1. The molecule has 0 aromatic heterocycles. The fourth-order valence-corrected chi connectivity index (χ4v) is 2.05. The highest BCUT2D eigenvalue weighted by molar-refractivity contribution is 5.80. The Labute approximate surface area is 116 Å². The Morgan fingerprint density at radius 1 is 0.947 bits per heavy atom. The molecule has 0 aromatic carbocycles. The van der Waals surface area contributed by atoms with Crippen molar-refractivity contribution in [2.75, 3.05) is 7.11 Å². The molecule has 0 saturated carbocycles. The van der Waals surface area contributed by atoms with Gasteiger partial charge in [-0.15, -0.1) is 0 Å². The number of rotatable bonds is 5. The van der Waals surface area contributed by atoms with Gasteiger partial charge in [0.2, 0.25) is 0 Å². The van der Waals surface area contributed by atoms with Gasteiger partial charge in [-0.25, -0.2) is 0 Å². The minimum atomic E-state index is -0.730. The van der Waals surface area contributed by atoms with Crippen molar-refractivity contribution >= 4 is 11.9 Å². The normalized spacial score (nSPS) is 15.6. The first-order chi connectivity index (χ1) is 8.38. The molecule has 0 aliphatic carbocycles. The van der Waals surface area contributed by atoms with E-state index in [0.717, 1.165) is 0 Å². The SMILES string of the molecule is CCC(C)(CC(C)(C)C(=O)OC(C)(C)C)C(=O)OC. The minimum Gasteiger partial charge on any atom is -0.469 e. The maximum atomic E-state index is 12.2. The quantitative estimate of drug-likeness (QED) is 0.720. The molecule has 0 saturated heterocycles. The van der Waals surface area contributed by atoms with Gasteiger partial charge < -0.3 is 9.47 Å². The molecule has 1 unspecified atom stereocenters. The van der Waals surface area contributed by atoms with Gasteiger partial charge >= 0.3 is 11.9 Å². The zero-order valence-corrected chi connectivity index (χ0v) is 13.5. The summed E-state index contributed by atoms with van der Waals surface area (Å²) in [6.45, 7) is 12.9. The van der Waals surface area contributed by atoms with E-state index in [1.807, 2.05) is 34.6 Å². The third-order valence-electron chi connectivity index (χ3n) is 3.24. The summed E-state index contributed by atoms with van der Waals surface area (Å²) in [6, 6.07) is 0. The molecule has 0 amide bonds. The van der Waals surface area contributed by atoms with Crippen molar-refractivity contribution < 1.29 is 19.1 Å². The van der Waals surface area contributed by atoms with E-state index in [1.165, 1.54) is 7.11 Å². The molecule has 1 atom stereocenters. The number of ether oxygens (including phenoxy) is 2. The van der Waals surface area contributed by atoms with E-state index in [2.05, 4.69) is 0 Å². The lowest BCUT2D eigenvalue weighted by atomic mass is 9.72. The van der Waals surface area contributed by atoms with Crippen LogP contribution in [0.15, 0.2) is 0 Å². The number of hydrogen-bond donors (Lipinski definition) is 0. The van der Waals surface area contributed by atoms with Crippen LogP contribution in [0.3, 0.4) is 0 Å².